The highest BCUT2D eigenvalue weighted by atomic mass is 35.5. The van der Waals surface area contributed by atoms with Gasteiger partial charge in [0.05, 0.1) is 29.3 Å². The number of phenolic OH excluding ortho intramolecular Hbond substituents is 1. The predicted octanol–water partition coefficient (Wildman–Crippen LogP) is 3.56. The Kier molecular flexibility index (Phi) is 12.3. The number of carbonyl (C=O) groups is 4. The molecule has 3 aliphatic rings. The first-order valence-electron chi connectivity index (χ1n) is 17.3. The van der Waals surface area contributed by atoms with E-state index in [1.54, 1.807) is 13.0 Å². The third-order valence-electron chi connectivity index (χ3n) is 11.1. The molecule has 7 atom stereocenters. The van der Waals surface area contributed by atoms with Crippen molar-refractivity contribution in [2.75, 3.05) is 19.4 Å². The van der Waals surface area contributed by atoms with E-state index in [0.29, 0.717) is 12.0 Å². The number of aryl methyl sites for hydroxylation is 1. The molecule has 0 saturated heterocycles. The third-order valence-corrected chi connectivity index (χ3v) is 11.7. The molecule has 14 heteroatoms. The summed E-state index contributed by atoms with van der Waals surface area (Å²) in [4.78, 5) is 53.9. The number of unbranched alkanes of at least 4 members (excludes halogenated alkanes) is 4. The van der Waals surface area contributed by atoms with Gasteiger partial charge in [-0.3, -0.25) is 24.1 Å². The molecule has 8 N–H and O–H groups in total. The first-order valence-corrected chi connectivity index (χ1v) is 17.9. The smallest absolute Gasteiger partial charge is 0.255 e. The number of rotatable bonds is 11. The SMILES string of the molecule is Cc1ccc(P)c(C)c1CCCCCCCC(=O)Nc1ccc2c(c1O)C(O)=C1C(=O)[C@]3(O)C(O)=C(C(N)=O)C(=O)[C@@H](N(C)C)[C@@H]3[C@@H](O)[C@@H]1[C@H]2C.Cl. The molecule has 3 aliphatic carbocycles. The molecule has 0 aliphatic heterocycles. The van der Waals surface area contributed by atoms with Crippen LogP contribution in [0.2, 0.25) is 0 Å². The molecule has 0 radical (unpaired) electrons. The molecule has 1 fully saturated rings. The van der Waals surface area contributed by atoms with Gasteiger partial charge in [0, 0.05) is 17.9 Å². The van der Waals surface area contributed by atoms with Gasteiger partial charge < -0.3 is 36.6 Å². The summed E-state index contributed by atoms with van der Waals surface area (Å²) < 4.78 is 0. The number of anilines is 1. The van der Waals surface area contributed by atoms with E-state index in [1.165, 1.54) is 47.1 Å². The maximum absolute atomic E-state index is 14.2. The van der Waals surface area contributed by atoms with Gasteiger partial charge in [0.1, 0.15) is 22.8 Å². The molecule has 12 nitrogen and oxygen atoms in total. The lowest BCUT2D eigenvalue weighted by atomic mass is 9.54. The Morgan fingerprint density at radius 1 is 1.00 bits per heavy atom. The molecule has 52 heavy (non-hydrogen) atoms. The van der Waals surface area contributed by atoms with E-state index >= 15 is 0 Å². The van der Waals surface area contributed by atoms with Gasteiger partial charge in [0.2, 0.25) is 11.7 Å². The molecule has 282 valence electrons. The van der Waals surface area contributed by atoms with E-state index in [0.717, 1.165) is 32.1 Å². The van der Waals surface area contributed by atoms with Gasteiger partial charge in [-0.2, -0.15) is 0 Å². The summed E-state index contributed by atoms with van der Waals surface area (Å²) in [7, 11) is 5.68. The largest absolute Gasteiger partial charge is 0.508 e. The fourth-order valence-corrected chi connectivity index (χ4v) is 8.61. The summed E-state index contributed by atoms with van der Waals surface area (Å²) in [5.41, 5.74) is 5.07. The summed E-state index contributed by atoms with van der Waals surface area (Å²) in [6.07, 6.45) is 4.07. The van der Waals surface area contributed by atoms with Crippen LogP contribution in [-0.2, 0) is 25.6 Å². The number of hydrogen-bond acceptors (Lipinski definition) is 10. The van der Waals surface area contributed by atoms with Gasteiger partial charge in [-0.1, -0.05) is 44.4 Å². The van der Waals surface area contributed by atoms with Crippen LogP contribution in [0.5, 0.6) is 5.75 Å². The number of nitrogens with one attached hydrogen (secondary N) is 1. The van der Waals surface area contributed by atoms with Gasteiger partial charge >= 0.3 is 0 Å². The second-order valence-corrected chi connectivity index (χ2v) is 15.0. The second kappa shape index (κ2) is 15.7. The Morgan fingerprint density at radius 3 is 2.27 bits per heavy atom. The van der Waals surface area contributed by atoms with Crippen LogP contribution in [0.15, 0.2) is 41.2 Å². The number of aliphatic hydroxyl groups is 4. The number of amides is 2. The average molecular weight is 758 g/mol. The molecule has 0 spiro atoms. The summed E-state index contributed by atoms with van der Waals surface area (Å²) in [5, 5.41) is 61.4. The maximum atomic E-state index is 14.2. The highest BCUT2D eigenvalue weighted by Gasteiger charge is 2.68. The number of ketones is 2. The molecule has 2 aromatic rings. The predicted molar refractivity (Wildman–Crippen MR) is 203 cm³/mol. The molecule has 0 aromatic heterocycles. The number of benzene rings is 2. The van der Waals surface area contributed by atoms with Crippen LogP contribution in [0, 0.1) is 25.7 Å². The highest BCUT2D eigenvalue weighted by molar-refractivity contribution is 7.27. The summed E-state index contributed by atoms with van der Waals surface area (Å²) in [6, 6.07) is 5.87. The maximum Gasteiger partial charge on any atom is 0.255 e. The van der Waals surface area contributed by atoms with E-state index < -0.39 is 81.4 Å². The molecule has 0 bridgehead atoms. The minimum Gasteiger partial charge on any atom is -0.508 e. The average Bonchev–Trinajstić information content (AvgIpc) is 3.06. The van der Waals surface area contributed by atoms with Crippen molar-refractivity contribution in [3.8, 4) is 5.75 Å². The van der Waals surface area contributed by atoms with Gasteiger partial charge in [-0.05, 0) is 86.7 Å². The zero-order valence-corrected chi connectivity index (χ0v) is 32.0. The molecule has 0 heterocycles. The number of nitrogens with zero attached hydrogens (tertiary/aromatic N) is 1. The van der Waals surface area contributed by atoms with Crippen molar-refractivity contribution < 1.29 is 44.7 Å². The van der Waals surface area contributed by atoms with E-state index in [9.17, 15) is 44.7 Å². The first-order chi connectivity index (χ1) is 24.0. The number of carbonyl (C=O) groups excluding carboxylic acids is 4. The number of hydrogen-bond donors (Lipinski definition) is 7. The highest BCUT2D eigenvalue weighted by Crippen LogP contribution is 2.56. The number of aliphatic hydroxyl groups excluding tert-OH is 3. The van der Waals surface area contributed by atoms with Crippen molar-refractivity contribution in [2.24, 2.45) is 17.6 Å². The van der Waals surface area contributed by atoms with Crippen molar-refractivity contribution in [3.05, 3.63) is 69.0 Å². The number of Topliss-reactive ketones (excluding diaryl/α,β-unsaturated/α-hetero) is 2. The lowest BCUT2D eigenvalue weighted by molar-refractivity contribution is -0.169. The van der Waals surface area contributed by atoms with Crippen molar-refractivity contribution in [2.45, 2.75) is 89.4 Å². The standard InChI is InChI=1S/C38H48N3O9P.ClH/c1-17-13-16-23(51)18(2)20(17)11-9-7-6-8-10-12-24(42)40-22-15-14-21-19(3)25-27(32(44)26(21)31(22)43)35(47)38(50)29(33(25)45)30(41(4)5)34(46)28(36(38)48)37(39)49;/h13-16,19,25,29-30,33,43-45,48,50H,6-12,51H2,1-5H3,(H2,39,49)(H,40,42);1H/t19-,25+,29+,30-,33-,38-;/m0./s1. The Hall–Kier alpha value is -3.80. The van der Waals surface area contributed by atoms with Crippen LogP contribution in [0.4, 0.5) is 5.69 Å². The molecule has 2 amide bonds. The number of primary amides is 1. The van der Waals surface area contributed by atoms with Gasteiger partial charge in [0.15, 0.2) is 11.4 Å². The fraction of sp³-hybridized carbons (Fsp3) is 0.474. The molecule has 1 unspecified atom stereocenters. The first kappa shape index (κ1) is 41.0. The minimum absolute atomic E-state index is 0. The van der Waals surface area contributed by atoms with Crippen molar-refractivity contribution in [1.29, 1.82) is 0 Å². The van der Waals surface area contributed by atoms with Crippen LogP contribution in [0.25, 0.3) is 5.76 Å². The van der Waals surface area contributed by atoms with E-state index in [2.05, 4.69) is 40.5 Å². The topological polar surface area (TPSA) is 211 Å². The van der Waals surface area contributed by atoms with E-state index in [4.69, 9.17) is 5.73 Å². The molecular formula is C38H49ClN3O9P. The van der Waals surface area contributed by atoms with E-state index in [1.807, 2.05) is 0 Å². The normalized spacial score (nSPS) is 25.4. The number of phenols is 1. The fourth-order valence-electron chi connectivity index (χ4n) is 8.34. The summed E-state index contributed by atoms with van der Waals surface area (Å²) in [6.45, 7) is 5.92. The zero-order valence-electron chi connectivity index (χ0n) is 30.0. The Labute approximate surface area is 311 Å². The minimum atomic E-state index is -3.00. The molecule has 5 rings (SSSR count). The van der Waals surface area contributed by atoms with Gasteiger partial charge in [-0.15, -0.1) is 21.6 Å². The van der Waals surface area contributed by atoms with Crippen molar-refractivity contribution >= 4 is 61.8 Å². The van der Waals surface area contributed by atoms with Crippen LogP contribution in [-0.4, -0.2) is 85.7 Å². The zero-order chi connectivity index (χ0) is 37.7. The Balaban J connectivity index is 0.00000605. The van der Waals surface area contributed by atoms with Gasteiger partial charge in [0.25, 0.3) is 5.91 Å². The third kappa shape index (κ3) is 6.76. The van der Waals surface area contributed by atoms with E-state index in [-0.39, 0.29) is 36.0 Å². The number of nitrogens with two attached hydrogens (primary N) is 1. The van der Waals surface area contributed by atoms with Crippen LogP contribution in [0.3, 0.4) is 0 Å². The lowest BCUT2D eigenvalue weighted by Gasteiger charge is -2.53. The lowest BCUT2D eigenvalue weighted by Crippen LogP contribution is -2.70. The summed E-state index contributed by atoms with van der Waals surface area (Å²) in [5.74, 6) is -10.1. The van der Waals surface area contributed by atoms with Gasteiger partial charge in [-0.25, -0.2) is 0 Å². The molecular weight excluding hydrogens is 709 g/mol. The second-order valence-electron chi connectivity index (χ2n) is 14.4. The van der Waals surface area contributed by atoms with Crippen LogP contribution >= 0.6 is 21.6 Å². The van der Waals surface area contributed by atoms with Crippen LogP contribution in [0.1, 0.15) is 79.2 Å². The monoisotopic (exact) mass is 757 g/mol. The quantitative estimate of drug-likeness (QED) is 0.0767. The van der Waals surface area contributed by atoms with Crippen molar-refractivity contribution in [3.63, 3.8) is 0 Å². The molecule has 1 saturated carbocycles. The molecule has 2 aromatic carbocycles. The number of fused-ring (bicyclic) bond motifs is 3. The number of aromatic hydroxyl groups is 1. The summed E-state index contributed by atoms with van der Waals surface area (Å²) >= 11 is 0. The Bertz CT molecular complexity index is 1880. The van der Waals surface area contributed by atoms with Crippen LogP contribution < -0.4 is 16.4 Å². The number of halogens is 1. The van der Waals surface area contributed by atoms with Crippen molar-refractivity contribution in [1.82, 2.24) is 4.90 Å². The number of likely N-dealkylation sites (N-methyl/N-ethyl adjacent to an activating group) is 1. The Morgan fingerprint density at radius 2 is 1.63 bits per heavy atom.